The molecule has 0 unspecified atom stereocenters. The number of rotatable bonds is 2. The summed E-state index contributed by atoms with van der Waals surface area (Å²) in [7, 11) is 1.74. The summed E-state index contributed by atoms with van der Waals surface area (Å²) < 4.78 is 45.5. The van der Waals surface area contributed by atoms with E-state index in [4.69, 9.17) is 10.5 Å². The fraction of sp³-hybridized carbons (Fsp3) is 0.308. The molecule has 0 aliphatic heterocycles. The first-order valence-corrected chi connectivity index (χ1v) is 5.85. The van der Waals surface area contributed by atoms with Gasteiger partial charge >= 0.3 is 6.18 Å². The van der Waals surface area contributed by atoms with E-state index in [1.807, 2.05) is 0 Å². The zero-order valence-corrected chi connectivity index (χ0v) is 11.2. The van der Waals surface area contributed by atoms with Crippen LogP contribution in [0.15, 0.2) is 18.2 Å². The van der Waals surface area contributed by atoms with E-state index < -0.39 is 11.7 Å². The molecule has 2 aromatic rings. The number of ether oxygens (including phenoxy) is 1. The first-order valence-electron chi connectivity index (χ1n) is 5.85. The van der Waals surface area contributed by atoms with Gasteiger partial charge in [-0.3, -0.25) is 4.68 Å². The standard InChI is InChI=1S/C13H14F3N3O/c1-7-12(8(2)19(3)18-7)20-9-4-5-11(17)10(6-9)13(14,15)16/h4-6H,17H2,1-3H3. The first kappa shape index (κ1) is 14.2. The Kier molecular flexibility index (Phi) is 3.37. The van der Waals surface area contributed by atoms with Crippen LogP contribution in [0, 0.1) is 13.8 Å². The number of anilines is 1. The second-order valence-corrected chi connectivity index (χ2v) is 4.47. The lowest BCUT2D eigenvalue weighted by atomic mass is 10.1. The third-order valence-corrected chi connectivity index (χ3v) is 2.99. The number of aromatic nitrogens is 2. The van der Waals surface area contributed by atoms with Crippen molar-refractivity contribution in [3.8, 4) is 11.5 Å². The SMILES string of the molecule is Cc1nn(C)c(C)c1Oc1ccc(N)c(C(F)(F)F)c1. The Balaban J connectivity index is 2.40. The van der Waals surface area contributed by atoms with E-state index in [1.165, 1.54) is 12.1 Å². The van der Waals surface area contributed by atoms with Gasteiger partial charge in [0.15, 0.2) is 5.75 Å². The first-order chi connectivity index (χ1) is 9.20. The number of nitrogens with zero attached hydrogens (tertiary/aromatic N) is 2. The minimum absolute atomic E-state index is 0.0747. The molecule has 0 atom stereocenters. The highest BCUT2D eigenvalue weighted by atomic mass is 19.4. The Bertz CT molecular complexity index is 647. The highest BCUT2D eigenvalue weighted by molar-refractivity contribution is 5.53. The smallest absolute Gasteiger partial charge is 0.418 e. The van der Waals surface area contributed by atoms with Gasteiger partial charge in [-0.05, 0) is 32.0 Å². The van der Waals surface area contributed by atoms with Gasteiger partial charge in [0, 0.05) is 12.7 Å². The van der Waals surface area contributed by atoms with Gasteiger partial charge in [-0.1, -0.05) is 0 Å². The second-order valence-electron chi connectivity index (χ2n) is 4.47. The number of halogens is 3. The van der Waals surface area contributed by atoms with Crippen LogP contribution in [0.1, 0.15) is 17.0 Å². The quantitative estimate of drug-likeness (QED) is 0.860. The zero-order chi connectivity index (χ0) is 15.1. The largest absolute Gasteiger partial charge is 0.453 e. The molecule has 1 aromatic heterocycles. The van der Waals surface area contributed by atoms with Gasteiger partial charge in [0.05, 0.1) is 11.3 Å². The molecule has 20 heavy (non-hydrogen) atoms. The molecular formula is C13H14F3N3O. The molecule has 0 bridgehead atoms. The summed E-state index contributed by atoms with van der Waals surface area (Å²) in [5.74, 6) is 0.524. The molecule has 0 aliphatic rings. The third-order valence-electron chi connectivity index (χ3n) is 2.99. The van der Waals surface area contributed by atoms with Crippen LogP contribution in [-0.2, 0) is 13.2 Å². The maximum absolute atomic E-state index is 12.8. The van der Waals surface area contributed by atoms with E-state index >= 15 is 0 Å². The lowest BCUT2D eigenvalue weighted by Crippen LogP contribution is -2.08. The topological polar surface area (TPSA) is 53.1 Å². The summed E-state index contributed by atoms with van der Waals surface area (Å²) in [5, 5.41) is 4.14. The van der Waals surface area contributed by atoms with E-state index in [1.54, 1.807) is 25.6 Å². The van der Waals surface area contributed by atoms with Gasteiger partial charge in [0.1, 0.15) is 11.4 Å². The Labute approximate surface area is 114 Å². The molecule has 0 fully saturated rings. The maximum atomic E-state index is 12.8. The van der Waals surface area contributed by atoms with Crippen LogP contribution in [0.4, 0.5) is 18.9 Å². The van der Waals surface area contributed by atoms with Crippen molar-refractivity contribution < 1.29 is 17.9 Å². The molecule has 2 rings (SSSR count). The maximum Gasteiger partial charge on any atom is 0.418 e. The molecule has 1 heterocycles. The number of nitrogen functional groups attached to an aromatic ring is 1. The van der Waals surface area contributed by atoms with Crippen molar-refractivity contribution in [1.29, 1.82) is 0 Å². The van der Waals surface area contributed by atoms with Crippen molar-refractivity contribution in [3.05, 3.63) is 35.2 Å². The van der Waals surface area contributed by atoms with Crippen molar-refractivity contribution in [2.45, 2.75) is 20.0 Å². The molecule has 7 heteroatoms. The molecule has 108 valence electrons. The fourth-order valence-corrected chi connectivity index (χ4v) is 1.86. The van der Waals surface area contributed by atoms with Crippen molar-refractivity contribution in [1.82, 2.24) is 9.78 Å². The summed E-state index contributed by atoms with van der Waals surface area (Å²) in [4.78, 5) is 0. The van der Waals surface area contributed by atoms with Crippen molar-refractivity contribution in [2.24, 2.45) is 7.05 Å². The van der Waals surface area contributed by atoms with E-state index in [-0.39, 0.29) is 11.4 Å². The Morgan fingerprint density at radius 1 is 1.25 bits per heavy atom. The van der Waals surface area contributed by atoms with E-state index in [9.17, 15) is 13.2 Å². The summed E-state index contributed by atoms with van der Waals surface area (Å²) in [5.41, 5.74) is 5.44. The molecule has 2 N–H and O–H groups in total. The molecule has 0 saturated carbocycles. The van der Waals surface area contributed by atoms with Crippen molar-refractivity contribution >= 4 is 5.69 Å². The third kappa shape index (κ3) is 2.56. The highest BCUT2D eigenvalue weighted by Gasteiger charge is 2.33. The molecule has 0 spiro atoms. The van der Waals surface area contributed by atoms with Crippen LogP contribution in [-0.4, -0.2) is 9.78 Å². The second kappa shape index (κ2) is 4.73. The Morgan fingerprint density at radius 3 is 2.40 bits per heavy atom. The Hall–Kier alpha value is -2.18. The molecule has 0 aliphatic carbocycles. The molecule has 0 radical (unpaired) electrons. The van der Waals surface area contributed by atoms with E-state index in [0.717, 1.165) is 11.8 Å². The molecular weight excluding hydrogens is 271 g/mol. The summed E-state index contributed by atoms with van der Waals surface area (Å²) in [6.45, 7) is 3.50. The normalized spacial score (nSPS) is 11.7. The van der Waals surface area contributed by atoms with Crippen molar-refractivity contribution in [3.63, 3.8) is 0 Å². The van der Waals surface area contributed by atoms with Gasteiger partial charge in [-0.2, -0.15) is 18.3 Å². The minimum atomic E-state index is -4.51. The van der Waals surface area contributed by atoms with Crippen LogP contribution in [0.5, 0.6) is 11.5 Å². The monoisotopic (exact) mass is 285 g/mol. The molecule has 1 aromatic carbocycles. The number of hydrogen-bond donors (Lipinski definition) is 1. The van der Waals surface area contributed by atoms with Gasteiger partial charge < -0.3 is 10.5 Å². The van der Waals surface area contributed by atoms with Crippen LogP contribution in [0.25, 0.3) is 0 Å². The zero-order valence-electron chi connectivity index (χ0n) is 11.2. The highest BCUT2D eigenvalue weighted by Crippen LogP contribution is 2.37. The molecule has 0 amide bonds. The van der Waals surface area contributed by atoms with Crippen LogP contribution in [0.2, 0.25) is 0 Å². The van der Waals surface area contributed by atoms with Gasteiger partial charge in [0.25, 0.3) is 0 Å². The molecule has 0 saturated heterocycles. The number of alkyl halides is 3. The van der Waals surface area contributed by atoms with Crippen molar-refractivity contribution in [2.75, 3.05) is 5.73 Å². The van der Waals surface area contributed by atoms with Crippen LogP contribution < -0.4 is 10.5 Å². The summed E-state index contributed by atoms with van der Waals surface area (Å²) in [6, 6.07) is 3.47. The van der Waals surface area contributed by atoms with Gasteiger partial charge in [-0.15, -0.1) is 0 Å². The average molecular weight is 285 g/mol. The Morgan fingerprint density at radius 2 is 1.90 bits per heavy atom. The number of nitrogens with two attached hydrogens (primary N) is 1. The minimum Gasteiger partial charge on any atom is -0.453 e. The van der Waals surface area contributed by atoms with E-state index in [2.05, 4.69) is 5.10 Å². The molecule has 4 nitrogen and oxygen atoms in total. The van der Waals surface area contributed by atoms with Gasteiger partial charge in [0.2, 0.25) is 0 Å². The number of hydrogen-bond acceptors (Lipinski definition) is 3. The van der Waals surface area contributed by atoms with Gasteiger partial charge in [-0.25, -0.2) is 0 Å². The van der Waals surface area contributed by atoms with E-state index in [0.29, 0.717) is 11.4 Å². The summed E-state index contributed by atoms with van der Waals surface area (Å²) in [6.07, 6.45) is -4.51. The van der Waals surface area contributed by atoms with Crippen LogP contribution in [0.3, 0.4) is 0 Å². The average Bonchev–Trinajstić information content (AvgIpc) is 2.57. The number of aryl methyl sites for hydroxylation is 2. The summed E-state index contributed by atoms with van der Waals surface area (Å²) >= 11 is 0. The number of benzene rings is 1. The van der Waals surface area contributed by atoms with Crippen LogP contribution >= 0.6 is 0 Å². The fourth-order valence-electron chi connectivity index (χ4n) is 1.86. The lowest BCUT2D eigenvalue weighted by molar-refractivity contribution is -0.137. The lowest BCUT2D eigenvalue weighted by Gasteiger charge is -2.12. The predicted octanol–water partition coefficient (Wildman–Crippen LogP) is 3.43. The predicted molar refractivity (Wildman–Crippen MR) is 68.6 cm³/mol.